The second-order valence-electron chi connectivity index (χ2n) is 19.4. The van der Waals surface area contributed by atoms with Gasteiger partial charge in [0.2, 0.25) is 47.3 Å². The van der Waals surface area contributed by atoms with E-state index in [1.807, 2.05) is 66.7 Å². The van der Waals surface area contributed by atoms with Crippen LogP contribution in [0.25, 0.3) is 21.7 Å². The molecule has 8 amide bonds. The number of primary amides is 1. The minimum absolute atomic E-state index is 0.0501. The van der Waals surface area contributed by atoms with Gasteiger partial charge in [-0.3, -0.25) is 38.4 Å². The molecule has 1 fully saturated rings. The summed E-state index contributed by atoms with van der Waals surface area (Å²) in [7, 11) is 2.03. The Morgan fingerprint density at radius 3 is 2.03 bits per heavy atom. The van der Waals surface area contributed by atoms with Crippen molar-refractivity contribution in [3.05, 3.63) is 114 Å². The van der Waals surface area contributed by atoms with Crippen molar-refractivity contribution in [2.24, 2.45) is 23.1 Å². The first-order valence-corrected chi connectivity index (χ1v) is 27.9. The third kappa shape index (κ3) is 16.9. The molecule has 6 rings (SSSR count). The van der Waals surface area contributed by atoms with Crippen molar-refractivity contribution in [1.82, 2.24) is 42.2 Å². The Morgan fingerprint density at radius 2 is 1.34 bits per heavy atom. The second-order valence-corrected chi connectivity index (χ2v) is 22.0. The number of H-pyrrole nitrogens is 1. The number of unbranched alkanes of at least 4 members (excludes halogenated alkanes) is 1. The van der Waals surface area contributed by atoms with Gasteiger partial charge in [0.15, 0.2) is 0 Å². The number of phenols is 1. The molecule has 1 aromatic heterocycles. The predicted octanol–water partition coefficient (Wildman–Crippen LogP) is 0.822. The van der Waals surface area contributed by atoms with Crippen molar-refractivity contribution in [2.45, 2.75) is 114 Å². The SMILES string of the molecule is CC(C)[C@@H]1NC(=O)[C@H](CCCCN)NC(=O)[C@@H](Cc2c[nH]c3ccccc23)NC(=O)[C@H](Cc2ccc(O)cc2)NC(=O)[C@H](NC(=O)[C@@H](N)Cc2ccc3ccccc3c2)CSSC[C@@H](C(=O)N[C@H](C(N)=O)[C@@H](C)O)NC1=O. The summed E-state index contributed by atoms with van der Waals surface area (Å²) in [6.07, 6.45) is 1.05. The monoisotopic (exact) mass is 1100 g/mol. The number of benzene rings is 4. The zero-order valence-electron chi connectivity index (χ0n) is 43.1. The number of rotatable bonds is 17. The van der Waals surface area contributed by atoms with E-state index in [1.165, 1.54) is 19.1 Å². The molecule has 2 heterocycles. The fourth-order valence-electron chi connectivity index (χ4n) is 8.71. The number of nitrogens with one attached hydrogen (secondary N) is 8. The van der Waals surface area contributed by atoms with Crippen molar-refractivity contribution in [3.8, 4) is 5.75 Å². The van der Waals surface area contributed by atoms with E-state index in [2.05, 4.69) is 42.2 Å². The number of phenolic OH excluding ortho intramolecular Hbond substituents is 1. The van der Waals surface area contributed by atoms with Crippen molar-refractivity contribution in [3.63, 3.8) is 0 Å². The van der Waals surface area contributed by atoms with Gasteiger partial charge in [0.05, 0.1) is 12.1 Å². The van der Waals surface area contributed by atoms with Crippen molar-refractivity contribution in [2.75, 3.05) is 18.1 Å². The van der Waals surface area contributed by atoms with Gasteiger partial charge in [-0.05, 0) is 90.7 Å². The maximum absolute atomic E-state index is 14.9. The van der Waals surface area contributed by atoms with E-state index in [9.17, 15) is 48.6 Å². The number of para-hydroxylation sites is 1. The first-order chi connectivity index (χ1) is 36.8. The largest absolute Gasteiger partial charge is 0.508 e. The average molecular weight is 1100 g/mol. The highest BCUT2D eigenvalue weighted by molar-refractivity contribution is 8.76. The number of aromatic hydroxyl groups is 1. The van der Waals surface area contributed by atoms with Crippen LogP contribution in [-0.4, -0.2) is 135 Å². The van der Waals surface area contributed by atoms with Gasteiger partial charge >= 0.3 is 0 Å². The molecule has 16 N–H and O–H groups in total. The summed E-state index contributed by atoms with van der Waals surface area (Å²) in [5.41, 5.74) is 20.5. The molecule has 4 aromatic carbocycles. The molecule has 0 bridgehead atoms. The Balaban J connectivity index is 1.39. The maximum Gasteiger partial charge on any atom is 0.244 e. The minimum Gasteiger partial charge on any atom is -0.508 e. The molecular weight excluding hydrogens is 1030 g/mol. The number of nitrogens with two attached hydrogens (primary N) is 3. The Hall–Kier alpha value is -7.18. The van der Waals surface area contributed by atoms with Gasteiger partial charge in [-0.25, -0.2) is 0 Å². The Kier molecular flexibility index (Phi) is 21.7. The number of aliphatic hydroxyl groups excluding tert-OH is 1. The molecule has 1 aliphatic rings. The molecule has 77 heavy (non-hydrogen) atoms. The van der Waals surface area contributed by atoms with Crippen molar-refractivity contribution in [1.29, 1.82) is 0 Å². The smallest absolute Gasteiger partial charge is 0.244 e. The molecule has 1 saturated heterocycles. The fourth-order valence-corrected chi connectivity index (χ4v) is 11.0. The lowest BCUT2D eigenvalue weighted by molar-refractivity contribution is -0.136. The van der Waals surface area contributed by atoms with E-state index in [4.69, 9.17) is 17.2 Å². The number of aliphatic hydroxyl groups is 1. The first kappa shape index (κ1) is 59.1. The van der Waals surface area contributed by atoms with Gasteiger partial charge in [-0.15, -0.1) is 0 Å². The second kappa shape index (κ2) is 28.3. The van der Waals surface area contributed by atoms with Crippen LogP contribution in [0, 0.1) is 5.92 Å². The molecule has 23 heteroatoms. The summed E-state index contributed by atoms with van der Waals surface area (Å²) in [4.78, 5) is 116. The van der Waals surface area contributed by atoms with E-state index < -0.39 is 108 Å². The third-order valence-corrected chi connectivity index (χ3v) is 15.5. The minimum atomic E-state index is -1.55. The highest BCUT2D eigenvalue weighted by atomic mass is 33.1. The van der Waals surface area contributed by atoms with Crippen LogP contribution in [-0.2, 0) is 57.6 Å². The van der Waals surface area contributed by atoms with E-state index >= 15 is 0 Å². The number of amides is 8. The quantitative estimate of drug-likeness (QED) is 0.0453. The highest BCUT2D eigenvalue weighted by Gasteiger charge is 2.36. The van der Waals surface area contributed by atoms with E-state index in [0.29, 0.717) is 24.0 Å². The number of fused-ring (bicyclic) bond motifs is 2. The first-order valence-electron chi connectivity index (χ1n) is 25.4. The fraction of sp³-hybridized carbons (Fsp3) is 0.407. The van der Waals surface area contributed by atoms with Crippen LogP contribution >= 0.6 is 21.6 Å². The highest BCUT2D eigenvalue weighted by Crippen LogP contribution is 2.25. The molecule has 0 spiro atoms. The number of carbonyl (C=O) groups excluding carboxylic acids is 8. The lowest BCUT2D eigenvalue weighted by atomic mass is 10.00. The Bertz CT molecular complexity index is 2890. The van der Waals surface area contributed by atoms with E-state index in [1.54, 1.807) is 32.2 Å². The Morgan fingerprint density at radius 1 is 0.714 bits per heavy atom. The molecule has 0 radical (unpaired) electrons. The summed E-state index contributed by atoms with van der Waals surface area (Å²) >= 11 is 0. The molecular formula is C54H69N11O10S2. The standard InChI is InChI=1S/C54H69N11O10S2/c1-29(2)45-54(75)63-44(53(74)65-46(30(3)66)47(57)68)28-77-76-27-43(62-48(69)38(56)23-32-15-18-33-10-4-5-11-34(33)22-32)52(73)60-41(24-31-16-19-36(67)20-17-31)50(71)61-42(25-35-26-58-39-13-7-6-12-37(35)39)51(72)59-40(49(70)64-45)14-8-9-21-55/h4-7,10-13,15-20,22,26,29-30,38,40-46,58,66-67H,8-9,14,21,23-25,27-28,55-56H2,1-3H3,(H2,57,68)(H,59,72)(H,60,73)(H,61,71)(H,62,69)(H,63,75)(H,64,70)(H,65,74)/t30-,38+,40+,41+,42-,43-,44+,45+,46+/m1/s1. The maximum atomic E-state index is 14.9. The third-order valence-electron chi connectivity index (χ3n) is 13.1. The number of aromatic nitrogens is 1. The summed E-state index contributed by atoms with van der Waals surface area (Å²) in [5.74, 6) is -7.66. The van der Waals surface area contributed by atoms with Gasteiger partial charge in [-0.2, -0.15) is 0 Å². The van der Waals surface area contributed by atoms with Gasteiger partial charge in [0.1, 0.15) is 48.0 Å². The van der Waals surface area contributed by atoms with Crippen LogP contribution in [0.1, 0.15) is 56.7 Å². The lowest BCUT2D eigenvalue weighted by Crippen LogP contribution is -2.62. The summed E-state index contributed by atoms with van der Waals surface area (Å²) < 4.78 is 0. The predicted molar refractivity (Wildman–Crippen MR) is 296 cm³/mol. The molecule has 9 atom stereocenters. The van der Waals surface area contributed by atoms with Crippen LogP contribution in [0.4, 0.5) is 0 Å². The molecule has 21 nitrogen and oxygen atoms in total. The van der Waals surface area contributed by atoms with Crippen LogP contribution in [0.2, 0.25) is 0 Å². The van der Waals surface area contributed by atoms with Gasteiger partial charge in [0.25, 0.3) is 0 Å². The molecule has 0 saturated carbocycles. The van der Waals surface area contributed by atoms with Crippen LogP contribution < -0.4 is 54.4 Å². The van der Waals surface area contributed by atoms with Gasteiger partial charge < -0.3 is 69.6 Å². The zero-order chi connectivity index (χ0) is 55.8. The molecule has 1 aliphatic heterocycles. The summed E-state index contributed by atoms with van der Waals surface area (Å²) in [6, 6.07) is 15.8. The van der Waals surface area contributed by atoms with Gasteiger partial charge in [-0.1, -0.05) is 108 Å². The number of aromatic amines is 1. The van der Waals surface area contributed by atoms with Crippen molar-refractivity contribution >= 4 is 90.5 Å². The lowest BCUT2D eigenvalue weighted by Gasteiger charge is -2.29. The Labute approximate surface area is 453 Å². The number of carbonyl (C=O) groups is 8. The molecule has 5 aromatic rings. The van der Waals surface area contributed by atoms with Crippen molar-refractivity contribution < 1.29 is 48.6 Å². The number of hydrogen-bond acceptors (Lipinski definition) is 14. The van der Waals surface area contributed by atoms with Gasteiger partial charge in [0, 0.05) is 41.4 Å². The summed E-state index contributed by atoms with van der Waals surface area (Å²) in [5, 5.41) is 42.1. The molecule has 0 aliphatic carbocycles. The zero-order valence-corrected chi connectivity index (χ0v) is 44.7. The summed E-state index contributed by atoms with van der Waals surface area (Å²) in [6.45, 7) is 4.85. The van der Waals surface area contributed by atoms with E-state index in [-0.39, 0.29) is 49.5 Å². The molecule has 0 unspecified atom stereocenters. The molecule has 412 valence electrons. The van der Waals surface area contributed by atoms with Crippen LogP contribution in [0.3, 0.4) is 0 Å². The average Bonchev–Trinajstić information content (AvgIpc) is 3.81. The van der Waals surface area contributed by atoms with Crippen LogP contribution in [0.5, 0.6) is 5.75 Å². The van der Waals surface area contributed by atoms with Crippen LogP contribution in [0.15, 0.2) is 97.2 Å². The number of hydrogen-bond donors (Lipinski definition) is 13. The van der Waals surface area contributed by atoms with E-state index in [0.717, 1.165) is 48.8 Å². The normalized spacial score (nSPS) is 21.6. The topological polar surface area (TPSA) is 355 Å².